The molecule has 1 heterocycles. The standard InChI is InChI=1S/C8H16BrN.BrH/c1-8(2,6-9)7-3-4-10-5-7;/h7,10H,3-6H2,1-2H3;1H. The fourth-order valence-corrected chi connectivity index (χ4v) is 1.89. The Morgan fingerprint density at radius 1 is 1.55 bits per heavy atom. The van der Waals surface area contributed by atoms with Gasteiger partial charge in [-0.15, -0.1) is 17.0 Å². The van der Waals surface area contributed by atoms with Crippen LogP contribution in [0.15, 0.2) is 0 Å². The molecule has 0 spiro atoms. The van der Waals surface area contributed by atoms with Gasteiger partial charge in [-0.3, -0.25) is 0 Å². The molecule has 3 heteroatoms. The van der Waals surface area contributed by atoms with Crippen molar-refractivity contribution in [3.8, 4) is 0 Å². The van der Waals surface area contributed by atoms with E-state index >= 15 is 0 Å². The van der Waals surface area contributed by atoms with Crippen LogP contribution in [0, 0.1) is 11.3 Å². The summed E-state index contributed by atoms with van der Waals surface area (Å²) < 4.78 is 0. The van der Waals surface area contributed by atoms with E-state index in [9.17, 15) is 0 Å². The van der Waals surface area contributed by atoms with Crippen molar-refractivity contribution in [2.75, 3.05) is 18.4 Å². The Labute approximate surface area is 88.2 Å². The molecule has 0 saturated carbocycles. The monoisotopic (exact) mass is 285 g/mol. The highest BCUT2D eigenvalue weighted by atomic mass is 79.9. The molecule has 0 aromatic carbocycles. The molecule has 1 nitrogen and oxygen atoms in total. The summed E-state index contributed by atoms with van der Waals surface area (Å²) in [7, 11) is 0. The van der Waals surface area contributed by atoms with E-state index in [0.717, 1.165) is 11.2 Å². The van der Waals surface area contributed by atoms with E-state index in [4.69, 9.17) is 0 Å². The molecule has 1 aliphatic heterocycles. The molecular weight excluding hydrogens is 270 g/mol. The van der Waals surface area contributed by atoms with Gasteiger partial charge in [-0.2, -0.15) is 0 Å². The fourth-order valence-electron chi connectivity index (χ4n) is 1.43. The third-order valence-electron chi connectivity index (χ3n) is 2.51. The second-order valence-corrected chi connectivity index (χ2v) is 4.37. The Morgan fingerprint density at radius 3 is 2.55 bits per heavy atom. The summed E-state index contributed by atoms with van der Waals surface area (Å²) in [4.78, 5) is 0. The van der Waals surface area contributed by atoms with Crippen LogP contribution in [0.2, 0.25) is 0 Å². The van der Waals surface area contributed by atoms with Gasteiger partial charge in [0.15, 0.2) is 0 Å². The highest BCUT2D eigenvalue weighted by Gasteiger charge is 2.30. The molecule has 1 aliphatic rings. The molecule has 68 valence electrons. The van der Waals surface area contributed by atoms with Crippen LogP contribution >= 0.6 is 32.9 Å². The van der Waals surface area contributed by atoms with Crippen molar-refractivity contribution < 1.29 is 0 Å². The molecule has 1 N–H and O–H groups in total. The summed E-state index contributed by atoms with van der Waals surface area (Å²) in [6, 6.07) is 0. The minimum absolute atomic E-state index is 0. The maximum atomic E-state index is 3.55. The third kappa shape index (κ3) is 3.03. The van der Waals surface area contributed by atoms with Crippen molar-refractivity contribution in [2.24, 2.45) is 11.3 Å². The van der Waals surface area contributed by atoms with Crippen molar-refractivity contribution in [1.29, 1.82) is 0 Å². The molecule has 1 atom stereocenters. The van der Waals surface area contributed by atoms with Gasteiger partial charge in [-0.1, -0.05) is 29.8 Å². The molecule has 0 aromatic rings. The molecule has 0 bridgehead atoms. The summed E-state index contributed by atoms with van der Waals surface area (Å²) in [6.45, 7) is 7.08. The van der Waals surface area contributed by atoms with E-state index in [0.29, 0.717) is 5.41 Å². The lowest BCUT2D eigenvalue weighted by Crippen LogP contribution is -2.27. The van der Waals surface area contributed by atoms with Gasteiger partial charge in [0.25, 0.3) is 0 Å². The summed E-state index contributed by atoms with van der Waals surface area (Å²) >= 11 is 3.55. The van der Waals surface area contributed by atoms with Crippen LogP contribution in [-0.4, -0.2) is 18.4 Å². The van der Waals surface area contributed by atoms with Crippen molar-refractivity contribution in [2.45, 2.75) is 20.3 Å². The van der Waals surface area contributed by atoms with Crippen LogP contribution in [0.3, 0.4) is 0 Å². The largest absolute Gasteiger partial charge is 0.316 e. The van der Waals surface area contributed by atoms with E-state index in [1.54, 1.807) is 0 Å². The summed E-state index contributed by atoms with van der Waals surface area (Å²) in [5.41, 5.74) is 0.476. The van der Waals surface area contributed by atoms with Gasteiger partial charge in [0.2, 0.25) is 0 Å². The highest BCUT2D eigenvalue weighted by molar-refractivity contribution is 9.09. The first-order chi connectivity index (χ1) is 4.67. The first kappa shape index (κ1) is 11.9. The highest BCUT2D eigenvalue weighted by Crippen LogP contribution is 2.32. The predicted molar refractivity (Wildman–Crippen MR) is 58.9 cm³/mol. The fraction of sp³-hybridized carbons (Fsp3) is 1.00. The average Bonchev–Trinajstić information content (AvgIpc) is 2.38. The van der Waals surface area contributed by atoms with Gasteiger partial charge < -0.3 is 5.32 Å². The molecule has 1 rings (SSSR count). The maximum absolute atomic E-state index is 3.55. The number of nitrogens with one attached hydrogen (secondary N) is 1. The van der Waals surface area contributed by atoms with Gasteiger partial charge in [-0.25, -0.2) is 0 Å². The van der Waals surface area contributed by atoms with E-state index in [-0.39, 0.29) is 17.0 Å². The third-order valence-corrected chi connectivity index (χ3v) is 3.96. The van der Waals surface area contributed by atoms with E-state index in [2.05, 4.69) is 35.1 Å². The van der Waals surface area contributed by atoms with Crippen LogP contribution in [0.25, 0.3) is 0 Å². The number of hydrogen-bond acceptors (Lipinski definition) is 1. The number of rotatable bonds is 2. The zero-order chi connectivity index (χ0) is 7.61. The zero-order valence-electron chi connectivity index (χ0n) is 7.19. The molecule has 11 heavy (non-hydrogen) atoms. The van der Waals surface area contributed by atoms with Crippen LogP contribution in [0.1, 0.15) is 20.3 Å². The lowest BCUT2D eigenvalue weighted by atomic mass is 9.80. The topological polar surface area (TPSA) is 12.0 Å². The van der Waals surface area contributed by atoms with Crippen molar-refractivity contribution in [3.63, 3.8) is 0 Å². The molecule has 0 aromatic heterocycles. The molecule has 0 amide bonds. The van der Waals surface area contributed by atoms with Crippen LogP contribution in [0.4, 0.5) is 0 Å². The lowest BCUT2D eigenvalue weighted by Gasteiger charge is -2.28. The minimum Gasteiger partial charge on any atom is -0.316 e. The van der Waals surface area contributed by atoms with Gasteiger partial charge >= 0.3 is 0 Å². The molecule has 1 saturated heterocycles. The van der Waals surface area contributed by atoms with E-state index in [1.807, 2.05) is 0 Å². The Morgan fingerprint density at radius 2 is 2.18 bits per heavy atom. The second kappa shape index (κ2) is 4.83. The Kier molecular flexibility index (Phi) is 5.23. The summed E-state index contributed by atoms with van der Waals surface area (Å²) in [6.07, 6.45) is 1.35. The maximum Gasteiger partial charge on any atom is 0.00858 e. The van der Waals surface area contributed by atoms with Crippen LogP contribution < -0.4 is 5.32 Å². The summed E-state index contributed by atoms with van der Waals surface area (Å²) in [5.74, 6) is 0.867. The smallest absolute Gasteiger partial charge is 0.00858 e. The number of halogens is 2. The van der Waals surface area contributed by atoms with Crippen molar-refractivity contribution in [1.82, 2.24) is 5.32 Å². The molecule has 1 fully saturated rings. The van der Waals surface area contributed by atoms with E-state index < -0.39 is 0 Å². The lowest BCUT2D eigenvalue weighted by molar-refractivity contribution is 0.271. The van der Waals surface area contributed by atoms with Gasteiger partial charge in [-0.05, 0) is 30.8 Å². The second-order valence-electron chi connectivity index (χ2n) is 3.81. The molecule has 0 radical (unpaired) electrons. The van der Waals surface area contributed by atoms with Gasteiger partial charge in [0.05, 0.1) is 0 Å². The Balaban J connectivity index is 0.000001000. The first-order valence-corrected chi connectivity index (χ1v) is 5.05. The van der Waals surface area contributed by atoms with Crippen molar-refractivity contribution >= 4 is 32.9 Å². The molecular formula is C8H17Br2N. The predicted octanol–water partition coefficient (Wildman–Crippen LogP) is 2.59. The van der Waals surface area contributed by atoms with Gasteiger partial charge in [0, 0.05) is 5.33 Å². The van der Waals surface area contributed by atoms with Crippen LogP contribution in [-0.2, 0) is 0 Å². The summed E-state index contributed by atoms with van der Waals surface area (Å²) in [5, 5.41) is 4.51. The molecule has 1 unspecified atom stereocenters. The van der Waals surface area contributed by atoms with Gasteiger partial charge in [0.1, 0.15) is 0 Å². The molecule has 0 aliphatic carbocycles. The Bertz CT molecular complexity index is 109. The average molecular weight is 287 g/mol. The number of alkyl halides is 1. The van der Waals surface area contributed by atoms with Crippen molar-refractivity contribution in [3.05, 3.63) is 0 Å². The first-order valence-electron chi connectivity index (χ1n) is 3.93. The number of hydrogen-bond donors (Lipinski definition) is 1. The SMILES string of the molecule is Br.CC(C)(CBr)C1CCNC1. The van der Waals surface area contributed by atoms with Crippen LogP contribution in [0.5, 0.6) is 0 Å². The quantitative estimate of drug-likeness (QED) is 0.770. The minimum atomic E-state index is 0. The Hall–Kier alpha value is 0.920. The normalized spacial score (nSPS) is 24.8. The van der Waals surface area contributed by atoms with E-state index in [1.165, 1.54) is 19.5 Å². The zero-order valence-corrected chi connectivity index (χ0v) is 10.5.